The van der Waals surface area contributed by atoms with E-state index in [0.717, 1.165) is 22.7 Å². The fourth-order valence-electron chi connectivity index (χ4n) is 2.35. The first-order chi connectivity index (χ1) is 11.8. The van der Waals surface area contributed by atoms with Crippen LogP contribution in [0.5, 0.6) is 11.5 Å². The second kappa shape index (κ2) is 7.04. The largest absolute Gasteiger partial charge is 0.489 e. The van der Waals surface area contributed by atoms with Crippen LogP contribution in [0.15, 0.2) is 34.8 Å². The molecule has 5 nitrogen and oxygen atoms in total. The van der Waals surface area contributed by atoms with Gasteiger partial charge in [0.2, 0.25) is 5.16 Å². The summed E-state index contributed by atoms with van der Waals surface area (Å²) in [6.07, 6.45) is 0.859. The molecule has 0 fully saturated rings. The maximum absolute atomic E-state index is 6.32. The molecule has 0 atom stereocenters. The maximum Gasteiger partial charge on any atom is 0.209 e. The van der Waals surface area contributed by atoms with E-state index in [1.54, 1.807) is 23.1 Å². The number of halogens is 1. The highest BCUT2D eigenvalue weighted by atomic mass is 35.5. The van der Waals surface area contributed by atoms with Gasteiger partial charge in [-0.3, -0.25) is 5.10 Å². The summed E-state index contributed by atoms with van der Waals surface area (Å²) in [7, 11) is 0. The van der Waals surface area contributed by atoms with Gasteiger partial charge < -0.3 is 9.47 Å². The molecule has 0 amide bonds. The molecule has 1 aromatic carbocycles. The Balaban J connectivity index is 1.48. The van der Waals surface area contributed by atoms with Gasteiger partial charge in [0.25, 0.3) is 0 Å². The van der Waals surface area contributed by atoms with Crippen LogP contribution < -0.4 is 9.47 Å². The Labute approximate surface area is 152 Å². The topological polar surface area (TPSA) is 60.0 Å². The number of nitrogens with zero attached hydrogens (tertiary/aromatic N) is 2. The van der Waals surface area contributed by atoms with Gasteiger partial charge in [-0.2, -0.15) is 0 Å². The first-order valence-electron chi connectivity index (χ1n) is 7.47. The first-order valence-corrected chi connectivity index (χ1v) is 9.71. The lowest BCUT2D eigenvalue weighted by molar-refractivity contribution is 0.297. The van der Waals surface area contributed by atoms with E-state index in [1.807, 2.05) is 29.6 Å². The summed E-state index contributed by atoms with van der Waals surface area (Å²) in [6, 6.07) is 7.90. The highest BCUT2D eigenvalue weighted by molar-refractivity contribution is 7.98. The second-order valence-electron chi connectivity index (χ2n) is 5.19. The van der Waals surface area contributed by atoms with Crippen LogP contribution in [-0.4, -0.2) is 28.4 Å². The van der Waals surface area contributed by atoms with Gasteiger partial charge in [-0.1, -0.05) is 29.4 Å². The molecular weight excluding hydrogens is 366 g/mol. The van der Waals surface area contributed by atoms with Gasteiger partial charge in [0.15, 0.2) is 17.3 Å². The number of thioether (sulfide) groups is 1. The highest BCUT2D eigenvalue weighted by Crippen LogP contribution is 2.39. The lowest BCUT2D eigenvalue weighted by Crippen LogP contribution is -1.97. The number of rotatable bonds is 4. The standard InChI is InChI=1S/C16H14ClN3O2S2/c17-11-7-10(8-12-14(11)22-5-2-4-21-12)9-24-16-18-15(19-20-16)13-3-1-6-23-13/h1,3,6-8H,2,4-5,9H2,(H,18,19,20). The van der Waals surface area contributed by atoms with E-state index in [4.69, 9.17) is 21.1 Å². The van der Waals surface area contributed by atoms with Gasteiger partial charge in [-0.25, -0.2) is 4.98 Å². The van der Waals surface area contributed by atoms with Crippen LogP contribution in [0.4, 0.5) is 0 Å². The van der Waals surface area contributed by atoms with E-state index < -0.39 is 0 Å². The van der Waals surface area contributed by atoms with E-state index in [0.29, 0.717) is 40.6 Å². The molecule has 0 radical (unpaired) electrons. The third-order valence-electron chi connectivity index (χ3n) is 3.45. The molecule has 0 saturated heterocycles. The van der Waals surface area contributed by atoms with Gasteiger partial charge in [0.1, 0.15) is 0 Å². The SMILES string of the molecule is Clc1cc(CSc2n[nH]c(-c3cccs3)n2)cc2c1OCCCO2. The monoisotopic (exact) mass is 379 g/mol. The zero-order valence-electron chi connectivity index (χ0n) is 12.6. The number of hydrogen-bond acceptors (Lipinski definition) is 6. The van der Waals surface area contributed by atoms with Crippen LogP contribution in [0.2, 0.25) is 5.02 Å². The number of hydrogen-bond donors (Lipinski definition) is 1. The van der Waals surface area contributed by atoms with Crippen molar-refractivity contribution < 1.29 is 9.47 Å². The molecule has 0 bridgehead atoms. The summed E-state index contributed by atoms with van der Waals surface area (Å²) in [5.41, 5.74) is 1.05. The molecular formula is C16H14ClN3O2S2. The Morgan fingerprint density at radius 1 is 1.29 bits per heavy atom. The minimum Gasteiger partial charge on any atom is -0.489 e. The quantitative estimate of drug-likeness (QED) is 0.669. The Kier molecular flexibility index (Phi) is 4.64. The zero-order chi connectivity index (χ0) is 16.4. The fourth-order valence-corrected chi connectivity index (χ4v) is 4.03. The number of benzene rings is 1. The molecule has 1 aliphatic rings. The fraction of sp³-hybridized carbons (Fsp3) is 0.250. The van der Waals surface area contributed by atoms with Gasteiger partial charge in [0, 0.05) is 12.2 Å². The van der Waals surface area contributed by atoms with E-state index in [1.165, 1.54) is 0 Å². The Bertz CT molecular complexity index is 836. The van der Waals surface area contributed by atoms with Gasteiger partial charge in [-0.15, -0.1) is 16.4 Å². The molecule has 124 valence electrons. The number of ether oxygens (including phenoxy) is 2. The molecule has 3 heterocycles. The highest BCUT2D eigenvalue weighted by Gasteiger charge is 2.16. The van der Waals surface area contributed by atoms with E-state index in [2.05, 4.69) is 15.2 Å². The molecule has 0 spiro atoms. The minimum absolute atomic E-state index is 0.583. The zero-order valence-corrected chi connectivity index (χ0v) is 15.0. The van der Waals surface area contributed by atoms with Crippen molar-refractivity contribution in [1.82, 2.24) is 15.2 Å². The Morgan fingerprint density at radius 3 is 3.08 bits per heavy atom. The van der Waals surface area contributed by atoms with Crippen molar-refractivity contribution in [2.75, 3.05) is 13.2 Å². The predicted octanol–water partition coefficient (Wildman–Crippen LogP) is 4.64. The van der Waals surface area contributed by atoms with Crippen LogP contribution in [0, 0.1) is 0 Å². The second-order valence-corrected chi connectivity index (χ2v) is 7.49. The van der Waals surface area contributed by atoms with Crippen LogP contribution in [0.25, 0.3) is 10.7 Å². The van der Waals surface area contributed by atoms with Crippen molar-refractivity contribution in [3.05, 3.63) is 40.2 Å². The average Bonchev–Trinajstić information content (AvgIpc) is 3.21. The summed E-state index contributed by atoms with van der Waals surface area (Å²) in [4.78, 5) is 5.59. The molecule has 4 rings (SSSR count). The third kappa shape index (κ3) is 3.38. The van der Waals surface area contributed by atoms with E-state index >= 15 is 0 Å². The molecule has 1 aliphatic heterocycles. The maximum atomic E-state index is 6.32. The van der Waals surface area contributed by atoms with Crippen molar-refractivity contribution >= 4 is 34.7 Å². The molecule has 1 N–H and O–H groups in total. The summed E-state index contributed by atoms with van der Waals surface area (Å²) in [5, 5.41) is 10.5. The van der Waals surface area contributed by atoms with Crippen molar-refractivity contribution in [1.29, 1.82) is 0 Å². The van der Waals surface area contributed by atoms with Crippen LogP contribution in [-0.2, 0) is 5.75 Å². The molecule has 3 aromatic rings. The first kappa shape index (κ1) is 15.8. The predicted molar refractivity (Wildman–Crippen MR) is 96.3 cm³/mol. The number of H-pyrrole nitrogens is 1. The Morgan fingerprint density at radius 2 is 2.21 bits per heavy atom. The van der Waals surface area contributed by atoms with Gasteiger partial charge in [0.05, 0.1) is 23.1 Å². The number of nitrogens with one attached hydrogen (secondary N) is 1. The summed E-state index contributed by atoms with van der Waals surface area (Å²) in [5.74, 6) is 2.85. The molecule has 24 heavy (non-hydrogen) atoms. The lowest BCUT2D eigenvalue weighted by Gasteiger charge is -2.11. The summed E-state index contributed by atoms with van der Waals surface area (Å²) < 4.78 is 11.4. The third-order valence-corrected chi connectivity index (χ3v) is 5.53. The summed E-state index contributed by atoms with van der Waals surface area (Å²) >= 11 is 9.51. The smallest absolute Gasteiger partial charge is 0.209 e. The number of fused-ring (bicyclic) bond motifs is 1. The molecule has 2 aromatic heterocycles. The van der Waals surface area contributed by atoms with Crippen molar-refractivity contribution in [2.24, 2.45) is 0 Å². The van der Waals surface area contributed by atoms with E-state index in [9.17, 15) is 0 Å². The lowest BCUT2D eigenvalue weighted by atomic mass is 10.2. The molecule has 0 saturated carbocycles. The summed E-state index contributed by atoms with van der Waals surface area (Å²) in [6.45, 7) is 1.27. The van der Waals surface area contributed by atoms with Crippen LogP contribution in [0.3, 0.4) is 0 Å². The van der Waals surface area contributed by atoms with Gasteiger partial charge in [-0.05, 0) is 29.1 Å². The van der Waals surface area contributed by atoms with Crippen LogP contribution >= 0.6 is 34.7 Å². The molecule has 8 heteroatoms. The number of aromatic amines is 1. The van der Waals surface area contributed by atoms with E-state index in [-0.39, 0.29) is 0 Å². The van der Waals surface area contributed by atoms with Crippen molar-refractivity contribution in [3.8, 4) is 22.2 Å². The van der Waals surface area contributed by atoms with Crippen molar-refractivity contribution in [2.45, 2.75) is 17.3 Å². The normalized spacial score (nSPS) is 13.7. The Hall–Kier alpha value is -1.70. The average molecular weight is 380 g/mol. The minimum atomic E-state index is 0.583. The number of thiophene rings is 1. The van der Waals surface area contributed by atoms with Crippen LogP contribution in [0.1, 0.15) is 12.0 Å². The molecule has 0 aliphatic carbocycles. The van der Waals surface area contributed by atoms with Crippen molar-refractivity contribution in [3.63, 3.8) is 0 Å². The van der Waals surface area contributed by atoms with Gasteiger partial charge >= 0.3 is 0 Å². The number of aromatic nitrogens is 3. The molecule has 0 unspecified atom stereocenters.